The summed E-state index contributed by atoms with van der Waals surface area (Å²) in [6.07, 6.45) is 0. The van der Waals surface area contributed by atoms with Gasteiger partial charge in [0.2, 0.25) is 5.91 Å². The average Bonchev–Trinajstić information content (AvgIpc) is 2.61. The van der Waals surface area contributed by atoms with Crippen LogP contribution >= 0.6 is 0 Å². The van der Waals surface area contributed by atoms with Crippen LogP contribution in [0.4, 0.5) is 8.78 Å². The SMILES string of the molecule is CC(C(=O)NCc1ccc(CN(C)C)c(F)c1)S(=O)(=O)c1ccc(F)cc1. The number of hydrogen-bond acceptors (Lipinski definition) is 4. The van der Waals surface area contributed by atoms with Gasteiger partial charge in [0.25, 0.3) is 0 Å². The topological polar surface area (TPSA) is 66.5 Å². The van der Waals surface area contributed by atoms with E-state index in [0.717, 1.165) is 24.3 Å². The van der Waals surface area contributed by atoms with Crippen molar-refractivity contribution in [1.82, 2.24) is 10.2 Å². The first-order valence-corrected chi connectivity index (χ1v) is 9.85. The maximum Gasteiger partial charge on any atom is 0.238 e. The van der Waals surface area contributed by atoms with Crippen LogP contribution in [0.15, 0.2) is 47.4 Å². The lowest BCUT2D eigenvalue weighted by Gasteiger charge is -2.14. The molecule has 5 nitrogen and oxygen atoms in total. The molecule has 0 radical (unpaired) electrons. The van der Waals surface area contributed by atoms with E-state index in [4.69, 9.17) is 0 Å². The van der Waals surface area contributed by atoms with E-state index < -0.39 is 26.8 Å². The number of hydrogen-bond donors (Lipinski definition) is 1. The number of nitrogens with zero attached hydrogens (tertiary/aromatic N) is 1. The van der Waals surface area contributed by atoms with E-state index in [9.17, 15) is 22.0 Å². The summed E-state index contributed by atoms with van der Waals surface area (Å²) in [4.78, 5) is 13.9. The zero-order valence-corrected chi connectivity index (χ0v) is 16.2. The molecule has 1 amide bonds. The second-order valence-electron chi connectivity index (χ2n) is 6.52. The Morgan fingerprint density at radius 2 is 1.74 bits per heavy atom. The number of sulfone groups is 1. The minimum absolute atomic E-state index is 0.00127. The number of carbonyl (C=O) groups is 1. The summed E-state index contributed by atoms with van der Waals surface area (Å²) < 4.78 is 51.9. The Kier molecular flexibility index (Phi) is 6.67. The average molecular weight is 396 g/mol. The van der Waals surface area contributed by atoms with Gasteiger partial charge in [0.15, 0.2) is 9.84 Å². The van der Waals surface area contributed by atoms with E-state index in [1.807, 2.05) is 19.0 Å². The Labute approximate surface area is 157 Å². The van der Waals surface area contributed by atoms with Crippen molar-refractivity contribution in [2.24, 2.45) is 0 Å². The molecule has 0 spiro atoms. The maximum atomic E-state index is 14.1. The molecule has 0 heterocycles. The van der Waals surface area contributed by atoms with E-state index in [-0.39, 0.29) is 17.3 Å². The fourth-order valence-electron chi connectivity index (χ4n) is 2.47. The number of benzene rings is 2. The minimum atomic E-state index is -3.95. The molecule has 0 aliphatic heterocycles. The van der Waals surface area contributed by atoms with Crippen molar-refractivity contribution >= 4 is 15.7 Å². The molecule has 0 saturated heterocycles. The van der Waals surface area contributed by atoms with E-state index in [1.54, 1.807) is 12.1 Å². The highest BCUT2D eigenvalue weighted by Crippen LogP contribution is 2.17. The van der Waals surface area contributed by atoms with Crippen LogP contribution in [0.2, 0.25) is 0 Å². The van der Waals surface area contributed by atoms with Gasteiger partial charge in [-0.2, -0.15) is 0 Å². The molecular weight excluding hydrogens is 374 g/mol. The van der Waals surface area contributed by atoms with Gasteiger partial charge in [-0.1, -0.05) is 12.1 Å². The first-order chi connectivity index (χ1) is 12.6. The van der Waals surface area contributed by atoms with E-state index in [0.29, 0.717) is 17.7 Å². The Balaban J connectivity index is 2.04. The summed E-state index contributed by atoms with van der Waals surface area (Å²) in [6.45, 7) is 1.71. The zero-order chi connectivity index (χ0) is 20.2. The van der Waals surface area contributed by atoms with Gasteiger partial charge in [-0.3, -0.25) is 4.79 Å². The van der Waals surface area contributed by atoms with Crippen molar-refractivity contribution in [3.63, 3.8) is 0 Å². The Morgan fingerprint density at radius 3 is 2.30 bits per heavy atom. The molecule has 146 valence electrons. The Bertz CT molecular complexity index is 913. The molecule has 0 saturated carbocycles. The first kappa shape index (κ1) is 21.0. The van der Waals surface area contributed by atoms with Crippen LogP contribution in [0.3, 0.4) is 0 Å². The number of nitrogens with one attached hydrogen (secondary N) is 1. The molecule has 8 heteroatoms. The van der Waals surface area contributed by atoms with E-state index in [1.165, 1.54) is 13.0 Å². The summed E-state index contributed by atoms with van der Waals surface area (Å²) in [5.74, 6) is -1.66. The van der Waals surface area contributed by atoms with Crippen LogP contribution in [0, 0.1) is 11.6 Å². The van der Waals surface area contributed by atoms with Gasteiger partial charge in [0.1, 0.15) is 16.9 Å². The van der Waals surface area contributed by atoms with Gasteiger partial charge >= 0.3 is 0 Å². The number of halogens is 2. The molecule has 0 fully saturated rings. The highest BCUT2D eigenvalue weighted by Gasteiger charge is 2.29. The molecule has 1 atom stereocenters. The van der Waals surface area contributed by atoms with Gasteiger partial charge in [0, 0.05) is 18.7 Å². The summed E-state index contributed by atoms with van der Waals surface area (Å²) >= 11 is 0. The predicted octanol–water partition coefficient (Wildman–Crippen LogP) is 2.51. The summed E-state index contributed by atoms with van der Waals surface area (Å²) in [5, 5.41) is 1.14. The highest BCUT2D eigenvalue weighted by atomic mass is 32.2. The van der Waals surface area contributed by atoms with Gasteiger partial charge < -0.3 is 10.2 Å². The molecular formula is C19H22F2N2O3S. The number of carbonyl (C=O) groups excluding carboxylic acids is 1. The normalized spacial score (nSPS) is 12.8. The molecule has 0 aliphatic carbocycles. The van der Waals surface area contributed by atoms with Crippen LogP contribution in [0.1, 0.15) is 18.1 Å². The van der Waals surface area contributed by atoms with Crippen LogP contribution < -0.4 is 5.32 Å². The molecule has 1 unspecified atom stereocenters. The molecule has 0 bridgehead atoms. The lowest BCUT2D eigenvalue weighted by atomic mass is 10.1. The van der Waals surface area contributed by atoms with E-state index in [2.05, 4.69) is 5.32 Å². The summed E-state index contributed by atoms with van der Waals surface area (Å²) in [6, 6.07) is 8.92. The molecule has 2 rings (SSSR count). The number of rotatable bonds is 7. The predicted molar refractivity (Wildman–Crippen MR) is 98.7 cm³/mol. The minimum Gasteiger partial charge on any atom is -0.351 e. The second-order valence-corrected chi connectivity index (χ2v) is 8.79. The van der Waals surface area contributed by atoms with Crippen molar-refractivity contribution in [1.29, 1.82) is 0 Å². The quantitative estimate of drug-likeness (QED) is 0.731. The molecule has 0 aliphatic rings. The van der Waals surface area contributed by atoms with Crippen molar-refractivity contribution in [3.8, 4) is 0 Å². The fraction of sp³-hybridized carbons (Fsp3) is 0.316. The first-order valence-electron chi connectivity index (χ1n) is 8.30. The van der Waals surface area contributed by atoms with E-state index >= 15 is 0 Å². The molecule has 27 heavy (non-hydrogen) atoms. The van der Waals surface area contributed by atoms with Crippen LogP contribution in [0.25, 0.3) is 0 Å². The second kappa shape index (κ2) is 8.58. The zero-order valence-electron chi connectivity index (χ0n) is 15.4. The lowest BCUT2D eigenvalue weighted by Crippen LogP contribution is -2.37. The van der Waals surface area contributed by atoms with Crippen molar-refractivity contribution < 1.29 is 22.0 Å². The lowest BCUT2D eigenvalue weighted by molar-refractivity contribution is -0.120. The largest absolute Gasteiger partial charge is 0.351 e. The molecule has 2 aromatic rings. The molecule has 0 aromatic heterocycles. The summed E-state index contributed by atoms with van der Waals surface area (Å²) in [5.41, 5.74) is 1.05. The third-order valence-electron chi connectivity index (χ3n) is 4.05. The molecule has 2 aromatic carbocycles. The van der Waals surface area contributed by atoms with Crippen molar-refractivity contribution in [2.45, 2.75) is 30.2 Å². The van der Waals surface area contributed by atoms with Crippen LogP contribution in [-0.4, -0.2) is 38.6 Å². The van der Waals surface area contributed by atoms with Gasteiger partial charge in [0.05, 0.1) is 4.90 Å². The highest BCUT2D eigenvalue weighted by molar-refractivity contribution is 7.92. The monoisotopic (exact) mass is 396 g/mol. The van der Waals surface area contributed by atoms with Gasteiger partial charge in [-0.15, -0.1) is 0 Å². The standard InChI is InChI=1S/C19H22F2N2O3S/c1-13(27(25,26)17-8-6-16(20)7-9-17)19(24)22-11-14-4-5-15(12-23(2)3)18(21)10-14/h4-10,13H,11-12H2,1-3H3,(H,22,24). The van der Waals surface area contributed by atoms with Crippen LogP contribution in [-0.2, 0) is 27.7 Å². The fourth-order valence-corrected chi connectivity index (χ4v) is 3.76. The Hall–Kier alpha value is -2.32. The molecule has 1 N–H and O–H groups in total. The Morgan fingerprint density at radius 1 is 1.11 bits per heavy atom. The van der Waals surface area contributed by atoms with Gasteiger partial charge in [-0.05, 0) is 56.9 Å². The van der Waals surface area contributed by atoms with Crippen molar-refractivity contribution in [3.05, 3.63) is 65.2 Å². The third kappa shape index (κ3) is 5.33. The van der Waals surface area contributed by atoms with Crippen LogP contribution in [0.5, 0.6) is 0 Å². The smallest absolute Gasteiger partial charge is 0.238 e. The third-order valence-corrected chi connectivity index (χ3v) is 6.12. The van der Waals surface area contributed by atoms with Crippen molar-refractivity contribution in [2.75, 3.05) is 14.1 Å². The number of amides is 1. The maximum absolute atomic E-state index is 14.1. The van der Waals surface area contributed by atoms with Gasteiger partial charge in [-0.25, -0.2) is 17.2 Å². The summed E-state index contributed by atoms with van der Waals surface area (Å²) in [7, 11) is -0.286.